The molecule has 0 amide bonds. The number of hydrogen-bond donors (Lipinski definition) is 2. The smallest absolute Gasteiger partial charge is 0.243 e. The van der Waals surface area contributed by atoms with E-state index in [9.17, 15) is 8.42 Å². The summed E-state index contributed by atoms with van der Waals surface area (Å²) < 4.78 is 31.8. The summed E-state index contributed by atoms with van der Waals surface area (Å²) in [6.07, 6.45) is 2.86. The molecule has 0 bridgehead atoms. The van der Waals surface area contributed by atoms with Crippen molar-refractivity contribution in [2.75, 3.05) is 19.4 Å². The number of methoxy groups -OCH3 is 1. The molecule has 0 aliphatic heterocycles. The van der Waals surface area contributed by atoms with Gasteiger partial charge < -0.3 is 10.5 Å². The highest BCUT2D eigenvalue weighted by Crippen LogP contribution is 2.17. The predicted octanol–water partition coefficient (Wildman–Crippen LogP) is 0.588. The second-order valence-corrected chi connectivity index (χ2v) is 6.00. The molecule has 2 rings (SSSR count). The molecule has 0 saturated carbocycles. The lowest BCUT2D eigenvalue weighted by molar-refractivity contribution is 0.409. The van der Waals surface area contributed by atoms with Gasteiger partial charge in [-0.15, -0.1) is 0 Å². The van der Waals surface area contributed by atoms with E-state index in [1.807, 2.05) is 24.3 Å². The van der Waals surface area contributed by atoms with Crippen LogP contribution >= 0.6 is 0 Å². The van der Waals surface area contributed by atoms with E-state index < -0.39 is 10.0 Å². The fraction of sp³-hybridized carbons (Fsp3) is 0.231. The number of nitrogens with one attached hydrogen (secondary N) is 1. The Bertz CT molecular complexity index is 702. The molecule has 0 aliphatic rings. The summed E-state index contributed by atoms with van der Waals surface area (Å²) in [5, 5.41) is 0. The van der Waals surface area contributed by atoms with Crippen LogP contribution in [-0.4, -0.2) is 32.0 Å². The third kappa shape index (κ3) is 3.89. The largest absolute Gasteiger partial charge is 0.496 e. The summed E-state index contributed by atoms with van der Waals surface area (Å²) in [5.41, 5.74) is 6.25. The molecule has 1 aromatic carbocycles. The average Bonchev–Trinajstić information content (AvgIpc) is 2.48. The maximum absolute atomic E-state index is 12.0. The standard InChI is InChI=1S/C13H16N4O3S/c1-20-12-5-3-2-4-10(12)6-7-17-21(18,19)11-8-15-13(14)16-9-11/h2-5,8-9,17H,6-7H2,1H3,(H2,14,15,16). The molecule has 1 heterocycles. The van der Waals surface area contributed by atoms with E-state index in [1.165, 1.54) is 12.4 Å². The Morgan fingerprint density at radius 2 is 1.90 bits per heavy atom. The van der Waals surface area contributed by atoms with Crippen molar-refractivity contribution in [3.8, 4) is 5.75 Å². The highest BCUT2D eigenvalue weighted by molar-refractivity contribution is 7.89. The Balaban J connectivity index is 2.01. The van der Waals surface area contributed by atoms with Crippen LogP contribution in [0.3, 0.4) is 0 Å². The van der Waals surface area contributed by atoms with Gasteiger partial charge >= 0.3 is 0 Å². The fourth-order valence-electron chi connectivity index (χ4n) is 1.78. The minimum Gasteiger partial charge on any atom is -0.496 e. The number of sulfonamides is 1. The van der Waals surface area contributed by atoms with Crippen LogP contribution in [0, 0.1) is 0 Å². The second kappa shape index (κ2) is 6.51. The Morgan fingerprint density at radius 1 is 1.24 bits per heavy atom. The van der Waals surface area contributed by atoms with Crippen LogP contribution in [-0.2, 0) is 16.4 Å². The molecule has 0 atom stereocenters. The third-order valence-electron chi connectivity index (χ3n) is 2.84. The van der Waals surface area contributed by atoms with E-state index in [4.69, 9.17) is 10.5 Å². The maximum atomic E-state index is 12.0. The van der Waals surface area contributed by atoms with Gasteiger partial charge in [-0.2, -0.15) is 0 Å². The Kier molecular flexibility index (Phi) is 4.71. The van der Waals surface area contributed by atoms with Gasteiger partial charge in [-0.1, -0.05) is 18.2 Å². The Hall–Kier alpha value is -2.19. The average molecular weight is 308 g/mol. The molecule has 0 aliphatic carbocycles. The summed E-state index contributed by atoms with van der Waals surface area (Å²) in [6, 6.07) is 7.45. The summed E-state index contributed by atoms with van der Waals surface area (Å²) >= 11 is 0. The van der Waals surface area contributed by atoms with Crippen molar-refractivity contribution in [1.29, 1.82) is 0 Å². The van der Waals surface area contributed by atoms with Crippen LogP contribution in [0.25, 0.3) is 0 Å². The summed E-state index contributed by atoms with van der Waals surface area (Å²) in [5.74, 6) is 0.760. The topological polar surface area (TPSA) is 107 Å². The van der Waals surface area contributed by atoms with Gasteiger partial charge in [0, 0.05) is 6.54 Å². The number of nitrogens with zero attached hydrogens (tertiary/aromatic N) is 2. The van der Waals surface area contributed by atoms with E-state index >= 15 is 0 Å². The molecular formula is C13H16N4O3S. The number of hydrogen-bond acceptors (Lipinski definition) is 6. The van der Waals surface area contributed by atoms with Crippen LogP contribution in [0.15, 0.2) is 41.6 Å². The van der Waals surface area contributed by atoms with Crippen molar-refractivity contribution in [3.05, 3.63) is 42.2 Å². The summed E-state index contributed by atoms with van der Waals surface area (Å²) in [7, 11) is -2.06. The Morgan fingerprint density at radius 3 is 2.57 bits per heavy atom. The highest BCUT2D eigenvalue weighted by atomic mass is 32.2. The number of aromatic nitrogens is 2. The lowest BCUT2D eigenvalue weighted by atomic mass is 10.1. The van der Waals surface area contributed by atoms with Crippen LogP contribution in [0.2, 0.25) is 0 Å². The molecule has 0 unspecified atom stereocenters. The molecule has 112 valence electrons. The van der Waals surface area contributed by atoms with E-state index in [1.54, 1.807) is 7.11 Å². The van der Waals surface area contributed by atoms with Gasteiger partial charge in [0.1, 0.15) is 10.6 Å². The van der Waals surface area contributed by atoms with Crippen LogP contribution in [0.1, 0.15) is 5.56 Å². The van der Waals surface area contributed by atoms with E-state index in [0.717, 1.165) is 11.3 Å². The molecular weight excluding hydrogens is 292 g/mol. The highest BCUT2D eigenvalue weighted by Gasteiger charge is 2.14. The zero-order valence-electron chi connectivity index (χ0n) is 11.5. The SMILES string of the molecule is COc1ccccc1CCNS(=O)(=O)c1cnc(N)nc1. The quantitative estimate of drug-likeness (QED) is 0.808. The first-order valence-corrected chi connectivity index (χ1v) is 7.70. The van der Waals surface area contributed by atoms with Gasteiger partial charge in [0.15, 0.2) is 0 Å². The van der Waals surface area contributed by atoms with Crippen LogP contribution in [0.5, 0.6) is 5.75 Å². The number of nitrogens with two attached hydrogens (primary N) is 1. The van der Waals surface area contributed by atoms with Gasteiger partial charge in [-0.3, -0.25) is 0 Å². The first kappa shape index (κ1) is 15.2. The molecule has 0 spiro atoms. The lowest BCUT2D eigenvalue weighted by Crippen LogP contribution is -2.26. The molecule has 8 heteroatoms. The van der Waals surface area contributed by atoms with Crippen molar-refractivity contribution in [2.24, 2.45) is 0 Å². The van der Waals surface area contributed by atoms with Crippen molar-refractivity contribution in [1.82, 2.24) is 14.7 Å². The van der Waals surface area contributed by atoms with Crippen molar-refractivity contribution < 1.29 is 13.2 Å². The minimum absolute atomic E-state index is 0.0169. The lowest BCUT2D eigenvalue weighted by Gasteiger charge is -2.09. The van der Waals surface area contributed by atoms with Gasteiger partial charge in [0.25, 0.3) is 0 Å². The molecule has 3 N–H and O–H groups in total. The van der Waals surface area contributed by atoms with Crippen LogP contribution < -0.4 is 15.2 Å². The number of nitrogen functional groups attached to an aromatic ring is 1. The predicted molar refractivity (Wildman–Crippen MR) is 78.3 cm³/mol. The van der Waals surface area contributed by atoms with Crippen molar-refractivity contribution in [2.45, 2.75) is 11.3 Å². The normalized spacial score (nSPS) is 11.3. The fourth-order valence-corrected chi connectivity index (χ4v) is 2.70. The zero-order valence-corrected chi connectivity index (χ0v) is 12.3. The summed E-state index contributed by atoms with van der Waals surface area (Å²) in [6.45, 7) is 0.243. The van der Waals surface area contributed by atoms with E-state index in [0.29, 0.717) is 6.42 Å². The van der Waals surface area contributed by atoms with Gasteiger partial charge in [-0.25, -0.2) is 23.1 Å². The molecule has 21 heavy (non-hydrogen) atoms. The van der Waals surface area contributed by atoms with Crippen molar-refractivity contribution >= 4 is 16.0 Å². The monoisotopic (exact) mass is 308 g/mol. The molecule has 0 radical (unpaired) electrons. The van der Waals surface area contributed by atoms with Gasteiger partial charge in [0.05, 0.1) is 19.5 Å². The van der Waals surface area contributed by atoms with Gasteiger partial charge in [0.2, 0.25) is 16.0 Å². The molecule has 7 nitrogen and oxygen atoms in total. The zero-order chi connectivity index (χ0) is 15.3. The number of ether oxygens (including phenoxy) is 1. The Labute approximate surface area is 123 Å². The third-order valence-corrected chi connectivity index (χ3v) is 4.25. The van der Waals surface area contributed by atoms with Crippen LogP contribution in [0.4, 0.5) is 5.95 Å². The molecule has 1 aromatic heterocycles. The van der Waals surface area contributed by atoms with Gasteiger partial charge in [-0.05, 0) is 18.1 Å². The number of benzene rings is 1. The first-order valence-electron chi connectivity index (χ1n) is 6.22. The second-order valence-electron chi connectivity index (χ2n) is 4.24. The maximum Gasteiger partial charge on any atom is 0.243 e. The number of para-hydroxylation sites is 1. The van der Waals surface area contributed by atoms with Crippen molar-refractivity contribution in [3.63, 3.8) is 0 Å². The summed E-state index contributed by atoms with van der Waals surface area (Å²) in [4.78, 5) is 7.32. The first-order chi connectivity index (χ1) is 10.0. The molecule has 0 saturated heterocycles. The van der Waals surface area contributed by atoms with E-state index in [-0.39, 0.29) is 17.4 Å². The number of anilines is 1. The molecule has 0 fully saturated rings. The minimum atomic E-state index is -3.64. The van der Waals surface area contributed by atoms with E-state index in [2.05, 4.69) is 14.7 Å². The number of rotatable bonds is 6. The molecule has 2 aromatic rings.